The molecule has 1 aliphatic heterocycles. The molecule has 0 aromatic carbocycles. The highest BCUT2D eigenvalue weighted by Gasteiger charge is 2.17. The van der Waals surface area contributed by atoms with Crippen LogP contribution in [0.2, 0.25) is 0 Å². The summed E-state index contributed by atoms with van der Waals surface area (Å²) in [5.41, 5.74) is 0.438. The van der Waals surface area contributed by atoms with Crippen LogP contribution in [0.5, 0.6) is 0 Å². The molecule has 1 aromatic heterocycles. The first-order valence-electron chi connectivity index (χ1n) is 5.77. The van der Waals surface area contributed by atoms with Crippen molar-refractivity contribution in [1.82, 2.24) is 14.9 Å². The molecule has 1 saturated heterocycles. The van der Waals surface area contributed by atoms with Gasteiger partial charge in [0.25, 0.3) is 5.91 Å². The fourth-order valence-corrected chi connectivity index (χ4v) is 2.49. The first-order chi connectivity index (χ1) is 8.70. The fraction of sp³-hybridized carbons (Fsp3) is 0.636. The number of carbonyl (C=O) groups is 1. The molecule has 1 aromatic rings. The fourth-order valence-electron chi connectivity index (χ4n) is 1.68. The predicted octanol–water partition coefficient (Wildman–Crippen LogP) is 0.609. The van der Waals surface area contributed by atoms with Crippen molar-refractivity contribution in [2.24, 2.45) is 0 Å². The number of rotatable bonds is 4. The zero-order valence-electron chi connectivity index (χ0n) is 10.6. The van der Waals surface area contributed by atoms with E-state index in [1.807, 2.05) is 0 Å². The number of thiazole rings is 1. The third kappa shape index (κ3) is 3.26. The Kier molecular flexibility index (Phi) is 4.65. The molecule has 2 heterocycles. The second-order valence-corrected chi connectivity index (χ2v) is 4.94. The van der Waals surface area contributed by atoms with Crippen molar-refractivity contribution in [2.75, 3.05) is 40.5 Å². The maximum Gasteiger partial charge on any atom is 0.296 e. The predicted molar refractivity (Wildman–Crippen MR) is 67.3 cm³/mol. The van der Waals surface area contributed by atoms with Crippen LogP contribution in [-0.2, 0) is 16.1 Å². The van der Waals surface area contributed by atoms with Gasteiger partial charge in [0, 0.05) is 25.5 Å². The number of hydroxylamine groups is 2. The summed E-state index contributed by atoms with van der Waals surface area (Å²) in [7, 11) is 3.03. The molecule has 0 bridgehead atoms. The molecule has 0 saturated carbocycles. The van der Waals surface area contributed by atoms with E-state index in [1.54, 1.807) is 12.4 Å². The zero-order valence-corrected chi connectivity index (χ0v) is 11.4. The quantitative estimate of drug-likeness (QED) is 0.751. The maximum atomic E-state index is 11.8. The second kappa shape index (κ2) is 6.24. The summed E-state index contributed by atoms with van der Waals surface area (Å²) >= 11 is 1.50. The number of hydrogen-bond acceptors (Lipinski definition) is 6. The molecule has 18 heavy (non-hydrogen) atoms. The Morgan fingerprint density at radius 3 is 3.00 bits per heavy atom. The second-order valence-electron chi connectivity index (χ2n) is 4.00. The molecule has 1 fully saturated rings. The van der Waals surface area contributed by atoms with Gasteiger partial charge in [-0.3, -0.25) is 14.5 Å². The molecule has 7 heteroatoms. The van der Waals surface area contributed by atoms with Crippen molar-refractivity contribution < 1.29 is 14.4 Å². The lowest BCUT2D eigenvalue weighted by molar-refractivity contribution is -0.0760. The van der Waals surface area contributed by atoms with Gasteiger partial charge in [-0.25, -0.2) is 10.0 Å². The van der Waals surface area contributed by atoms with E-state index >= 15 is 0 Å². The minimum atomic E-state index is -0.220. The Hall–Kier alpha value is -1.02. The first-order valence-corrected chi connectivity index (χ1v) is 6.65. The molecule has 0 atom stereocenters. The van der Waals surface area contributed by atoms with E-state index in [0.29, 0.717) is 5.69 Å². The highest BCUT2D eigenvalue weighted by atomic mass is 32.1. The molecule has 0 spiro atoms. The molecule has 0 N–H and O–H groups in total. The Labute approximate surface area is 110 Å². The van der Waals surface area contributed by atoms with Crippen LogP contribution in [0.4, 0.5) is 0 Å². The van der Waals surface area contributed by atoms with Crippen LogP contribution in [0.15, 0.2) is 5.38 Å². The van der Waals surface area contributed by atoms with E-state index in [9.17, 15) is 4.79 Å². The Morgan fingerprint density at radius 1 is 1.61 bits per heavy atom. The average Bonchev–Trinajstić information content (AvgIpc) is 2.86. The van der Waals surface area contributed by atoms with E-state index in [2.05, 4.69) is 9.88 Å². The molecule has 0 unspecified atom stereocenters. The van der Waals surface area contributed by atoms with Gasteiger partial charge in [-0.15, -0.1) is 11.3 Å². The van der Waals surface area contributed by atoms with Gasteiger partial charge in [0.15, 0.2) is 0 Å². The van der Waals surface area contributed by atoms with Crippen LogP contribution in [0.25, 0.3) is 0 Å². The van der Waals surface area contributed by atoms with E-state index < -0.39 is 0 Å². The van der Waals surface area contributed by atoms with Gasteiger partial charge in [-0.1, -0.05) is 0 Å². The SMILES string of the molecule is CON(C)C(=O)c1csc(CN2CCOCC2)n1. The van der Waals surface area contributed by atoms with Crippen molar-refractivity contribution in [2.45, 2.75) is 6.54 Å². The average molecular weight is 271 g/mol. The summed E-state index contributed by atoms with van der Waals surface area (Å²) in [6, 6.07) is 0. The van der Waals surface area contributed by atoms with Gasteiger partial charge in [-0.05, 0) is 0 Å². The summed E-state index contributed by atoms with van der Waals surface area (Å²) in [6.07, 6.45) is 0. The van der Waals surface area contributed by atoms with Gasteiger partial charge < -0.3 is 4.74 Å². The van der Waals surface area contributed by atoms with Gasteiger partial charge in [-0.2, -0.15) is 0 Å². The monoisotopic (exact) mass is 271 g/mol. The summed E-state index contributed by atoms with van der Waals surface area (Å²) < 4.78 is 5.29. The van der Waals surface area contributed by atoms with Gasteiger partial charge >= 0.3 is 0 Å². The molecule has 1 amide bonds. The third-order valence-corrected chi connectivity index (χ3v) is 3.63. The third-order valence-electron chi connectivity index (χ3n) is 2.79. The van der Waals surface area contributed by atoms with Gasteiger partial charge in [0.05, 0.1) is 26.9 Å². The number of morpholine rings is 1. The van der Waals surface area contributed by atoms with E-state index in [0.717, 1.165) is 37.9 Å². The molecule has 100 valence electrons. The lowest BCUT2D eigenvalue weighted by Gasteiger charge is -2.25. The summed E-state index contributed by atoms with van der Waals surface area (Å²) in [6.45, 7) is 4.15. The van der Waals surface area contributed by atoms with Gasteiger partial charge in [0.1, 0.15) is 10.7 Å². The molecule has 1 aliphatic rings. The van der Waals surface area contributed by atoms with Crippen LogP contribution in [0.3, 0.4) is 0 Å². The smallest absolute Gasteiger partial charge is 0.296 e. The van der Waals surface area contributed by atoms with E-state index in [4.69, 9.17) is 9.57 Å². The van der Waals surface area contributed by atoms with Crippen molar-refractivity contribution in [1.29, 1.82) is 0 Å². The Balaban J connectivity index is 1.95. The highest BCUT2D eigenvalue weighted by molar-refractivity contribution is 7.09. The first kappa shape index (κ1) is 13.4. The largest absolute Gasteiger partial charge is 0.379 e. The van der Waals surface area contributed by atoms with Gasteiger partial charge in [0.2, 0.25) is 0 Å². The summed E-state index contributed by atoms with van der Waals surface area (Å²) in [4.78, 5) is 23.3. The molecular weight excluding hydrogens is 254 g/mol. The summed E-state index contributed by atoms with van der Waals surface area (Å²) in [5.74, 6) is -0.220. The van der Waals surface area contributed by atoms with Crippen molar-refractivity contribution >= 4 is 17.2 Å². The van der Waals surface area contributed by atoms with Crippen LogP contribution in [0.1, 0.15) is 15.5 Å². The normalized spacial score (nSPS) is 16.8. The van der Waals surface area contributed by atoms with Crippen LogP contribution in [-0.4, -0.2) is 61.3 Å². The molecule has 6 nitrogen and oxygen atoms in total. The van der Waals surface area contributed by atoms with E-state index in [1.165, 1.54) is 23.5 Å². The summed E-state index contributed by atoms with van der Waals surface area (Å²) in [5, 5.41) is 3.89. The van der Waals surface area contributed by atoms with Crippen molar-refractivity contribution in [3.8, 4) is 0 Å². The standard InChI is InChI=1S/C11H17N3O3S/c1-13(16-2)11(15)9-8-18-10(12-9)7-14-3-5-17-6-4-14/h8H,3-7H2,1-2H3. The van der Waals surface area contributed by atoms with Crippen LogP contribution >= 0.6 is 11.3 Å². The number of nitrogens with zero attached hydrogens (tertiary/aromatic N) is 3. The molecule has 0 radical (unpaired) electrons. The number of aromatic nitrogens is 1. The van der Waals surface area contributed by atoms with Crippen molar-refractivity contribution in [3.05, 3.63) is 16.1 Å². The number of hydrogen-bond donors (Lipinski definition) is 0. The van der Waals surface area contributed by atoms with Crippen LogP contribution < -0.4 is 0 Å². The van der Waals surface area contributed by atoms with Crippen LogP contribution in [0, 0.1) is 0 Å². The number of ether oxygens (including phenoxy) is 1. The lowest BCUT2D eigenvalue weighted by Crippen LogP contribution is -2.35. The highest BCUT2D eigenvalue weighted by Crippen LogP contribution is 2.14. The number of amides is 1. The topological polar surface area (TPSA) is 54.9 Å². The zero-order chi connectivity index (χ0) is 13.0. The molecule has 2 rings (SSSR count). The molecular formula is C11H17N3O3S. The Morgan fingerprint density at radius 2 is 2.33 bits per heavy atom. The van der Waals surface area contributed by atoms with E-state index in [-0.39, 0.29) is 5.91 Å². The Bertz CT molecular complexity index is 404. The minimum Gasteiger partial charge on any atom is -0.379 e. The van der Waals surface area contributed by atoms with Crippen molar-refractivity contribution in [3.63, 3.8) is 0 Å². The minimum absolute atomic E-state index is 0.220. The molecule has 0 aliphatic carbocycles. The maximum absolute atomic E-state index is 11.8. The number of carbonyl (C=O) groups excluding carboxylic acids is 1. The lowest BCUT2D eigenvalue weighted by atomic mass is 10.4.